The summed E-state index contributed by atoms with van der Waals surface area (Å²) in [4.78, 5) is 11.1. The fourth-order valence-corrected chi connectivity index (χ4v) is 2.05. The molecule has 0 spiro atoms. The molecule has 1 heterocycles. The minimum atomic E-state index is -0.126. The van der Waals surface area contributed by atoms with Crippen molar-refractivity contribution in [2.75, 3.05) is 25.4 Å². The average molecular weight is 188 g/mol. The number of hydrogen-bond acceptors (Lipinski definition) is 3. The Morgan fingerprint density at radius 3 is 3.00 bits per heavy atom. The van der Waals surface area contributed by atoms with Gasteiger partial charge in [-0.2, -0.15) is 0 Å². The Hall–Kier alpha value is -0.510. The molecule has 0 bridgehead atoms. The fraction of sp³-hybridized carbons (Fsp3) is 0.750. The SMILES string of the molecule is CCOC(=O)C[N+]1=C(C)SCC1. The lowest BCUT2D eigenvalue weighted by molar-refractivity contribution is -0.508. The van der Waals surface area contributed by atoms with Gasteiger partial charge in [-0.25, -0.2) is 9.37 Å². The van der Waals surface area contributed by atoms with E-state index < -0.39 is 0 Å². The molecule has 0 saturated heterocycles. The van der Waals surface area contributed by atoms with Gasteiger partial charge in [-0.3, -0.25) is 0 Å². The highest BCUT2D eigenvalue weighted by molar-refractivity contribution is 8.13. The van der Waals surface area contributed by atoms with Gasteiger partial charge in [-0.15, -0.1) is 0 Å². The first-order chi connectivity index (χ1) is 5.74. The first kappa shape index (κ1) is 9.58. The largest absolute Gasteiger partial charge is 0.461 e. The summed E-state index contributed by atoms with van der Waals surface area (Å²) in [5, 5.41) is 1.23. The number of carbonyl (C=O) groups excluding carboxylic acids is 1. The maximum Gasteiger partial charge on any atom is 0.372 e. The second-order valence-corrected chi connectivity index (χ2v) is 3.88. The van der Waals surface area contributed by atoms with E-state index in [0.717, 1.165) is 12.3 Å². The van der Waals surface area contributed by atoms with E-state index in [4.69, 9.17) is 4.74 Å². The van der Waals surface area contributed by atoms with Crippen LogP contribution < -0.4 is 0 Å². The maximum absolute atomic E-state index is 11.1. The lowest BCUT2D eigenvalue weighted by Crippen LogP contribution is -2.23. The second kappa shape index (κ2) is 4.50. The zero-order valence-corrected chi connectivity index (χ0v) is 8.32. The van der Waals surface area contributed by atoms with Gasteiger partial charge in [0.05, 0.1) is 12.4 Å². The first-order valence-electron chi connectivity index (χ1n) is 4.11. The summed E-state index contributed by atoms with van der Waals surface area (Å²) < 4.78 is 6.91. The van der Waals surface area contributed by atoms with Crippen LogP contribution in [0.3, 0.4) is 0 Å². The molecular weight excluding hydrogens is 174 g/mol. The summed E-state index contributed by atoms with van der Waals surface area (Å²) in [6.07, 6.45) is 0. The Morgan fingerprint density at radius 2 is 2.50 bits per heavy atom. The summed E-state index contributed by atoms with van der Waals surface area (Å²) in [6.45, 7) is 5.71. The molecule has 68 valence electrons. The van der Waals surface area contributed by atoms with Gasteiger partial charge >= 0.3 is 5.97 Å². The third kappa shape index (κ3) is 2.52. The Labute approximate surface area is 76.8 Å². The van der Waals surface area contributed by atoms with Crippen LogP contribution in [0.15, 0.2) is 0 Å². The van der Waals surface area contributed by atoms with Crippen LogP contribution in [0, 0.1) is 0 Å². The summed E-state index contributed by atoms with van der Waals surface area (Å²) in [5.74, 6) is 0.963. The highest BCUT2D eigenvalue weighted by Gasteiger charge is 2.21. The lowest BCUT2D eigenvalue weighted by Gasteiger charge is -1.99. The molecule has 1 aliphatic heterocycles. The minimum Gasteiger partial charge on any atom is -0.461 e. The van der Waals surface area contributed by atoms with Gasteiger partial charge in [0.15, 0.2) is 6.54 Å². The van der Waals surface area contributed by atoms with Crippen molar-refractivity contribution in [3.05, 3.63) is 0 Å². The predicted molar refractivity (Wildman–Crippen MR) is 49.8 cm³/mol. The van der Waals surface area contributed by atoms with E-state index in [0.29, 0.717) is 13.2 Å². The van der Waals surface area contributed by atoms with Gasteiger partial charge in [0.2, 0.25) is 11.6 Å². The van der Waals surface area contributed by atoms with E-state index in [1.165, 1.54) is 5.04 Å². The van der Waals surface area contributed by atoms with Crippen molar-refractivity contribution in [3.8, 4) is 0 Å². The molecule has 0 radical (unpaired) electrons. The van der Waals surface area contributed by atoms with E-state index in [2.05, 4.69) is 4.58 Å². The van der Waals surface area contributed by atoms with E-state index in [9.17, 15) is 4.79 Å². The van der Waals surface area contributed by atoms with Crippen molar-refractivity contribution >= 4 is 22.8 Å². The van der Waals surface area contributed by atoms with Crippen LogP contribution >= 0.6 is 11.8 Å². The number of ether oxygens (including phenoxy) is 1. The molecule has 0 unspecified atom stereocenters. The molecule has 0 saturated carbocycles. The van der Waals surface area contributed by atoms with Crippen LogP contribution in [0.1, 0.15) is 13.8 Å². The zero-order valence-electron chi connectivity index (χ0n) is 7.50. The lowest BCUT2D eigenvalue weighted by atomic mass is 10.5. The topological polar surface area (TPSA) is 29.3 Å². The smallest absolute Gasteiger partial charge is 0.372 e. The van der Waals surface area contributed by atoms with Crippen LogP contribution in [-0.4, -0.2) is 41.0 Å². The summed E-state index contributed by atoms with van der Waals surface area (Å²) in [7, 11) is 0. The number of rotatable bonds is 3. The molecular formula is C8H14NO2S+. The number of nitrogens with zero attached hydrogens (tertiary/aromatic N) is 1. The molecule has 1 rings (SSSR count). The van der Waals surface area contributed by atoms with Gasteiger partial charge in [0, 0.05) is 6.92 Å². The summed E-state index contributed by atoms with van der Waals surface area (Å²) >= 11 is 1.80. The van der Waals surface area contributed by atoms with Crippen molar-refractivity contribution in [1.82, 2.24) is 0 Å². The molecule has 12 heavy (non-hydrogen) atoms. The number of carbonyl (C=O) groups is 1. The summed E-state index contributed by atoms with van der Waals surface area (Å²) in [6, 6.07) is 0. The Bertz CT molecular complexity index is 213. The molecule has 0 fully saturated rings. The van der Waals surface area contributed by atoms with Gasteiger partial charge < -0.3 is 4.74 Å². The third-order valence-corrected chi connectivity index (χ3v) is 2.81. The average Bonchev–Trinajstić information content (AvgIpc) is 2.37. The van der Waals surface area contributed by atoms with Crippen molar-refractivity contribution in [1.29, 1.82) is 0 Å². The molecule has 0 aromatic heterocycles. The van der Waals surface area contributed by atoms with Crippen LogP contribution in [0.5, 0.6) is 0 Å². The van der Waals surface area contributed by atoms with Gasteiger partial charge in [0.1, 0.15) is 0 Å². The van der Waals surface area contributed by atoms with Crippen molar-refractivity contribution < 1.29 is 14.1 Å². The van der Waals surface area contributed by atoms with E-state index in [-0.39, 0.29) is 5.97 Å². The molecule has 0 atom stereocenters. The van der Waals surface area contributed by atoms with Crippen LogP contribution in [0.2, 0.25) is 0 Å². The highest BCUT2D eigenvalue weighted by Crippen LogP contribution is 2.10. The number of esters is 1. The number of hydrogen-bond donors (Lipinski definition) is 0. The third-order valence-electron chi connectivity index (χ3n) is 1.74. The summed E-state index contributed by atoms with van der Waals surface area (Å²) in [5.41, 5.74) is 0. The second-order valence-electron chi connectivity index (χ2n) is 2.59. The van der Waals surface area contributed by atoms with Crippen LogP contribution in [0.4, 0.5) is 0 Å². The van der Waals surface area contributed by atoms with E-state index in [1.807, 2.05) is 13.8 Å². The molecule has 0 N–H and O–H groups in total. The van der Waals surface area contributed by atoms with Crippen LogP contribution in [-0.2, 0) is 9.53 Å². The van der Waals surface area contributed by atoms with E-state index >= 15 is 0 Å². The van der Waals surface area contributed by atoms with Crippen LogP contribution in [0.25, 0.3) is 0 Å². The molecule has 0 aromatic rings. The van der Waals surface area contributed by atoms with Gasteiger partial charge in [0.25, 0.3) is 0 Å². The molecule has 0 aromatic carbocycles. The van der Waals surface area contributed by atoms with Crippen molar-refractivity contribution in [2.45, 2.75) is 13.8 Å². The van der Waals surface area contributed by atoms with Crippen molar-refractivity contribution in [2.24, 2.45) is 0 Å². The standard InChI is InChI=1S/C8H14NO2S/c1-3-11-8(10)6-9-4-5-12-7(9)2/h3-6H2,1-2H3/q+1. The van der Waals surface area contributed by atoms with Crippen molar-refractivity contribution in [3.63, 3.8) is 0 Å². The predicted octanol–water partition coefficient (Wildman–Crippen LogP) is 0.727. The number of thioether (sulfide) groups is 1. The monoisotopic (exact) mass is 188 g/mol. The minimum absolute atomic E-state index is 0.126. The highest BCUT2D eigenvalue weighted by atomic mass is 32.2. The Balaban J connectivity index is 2.40. The first-order valence-corrected chi connectivity index (χ1v) is 5.09. The Morgan fingerprint density at radius 1 is 1.75 bits per heavy atom. The van der Waals surface area contributed by atoms with Gasteiger partial charge in [-0.05, 0) is 6.92 Å². The maximum atomic E-state index is 11.1. The quantitative estimate of drug-likeness (QED) is 0.483. The molecule has 3 nitrogen and oxygen atoms in total. The molecule has 1 aliphatic rings. The molecule has 0 aliphatic carbocycles. The van der Waals surface area contributed by atoms with Gasteiger partial charge in [-0.1, -0.05) is 11.8 Å². The zero-order chi connectivity index (χ0) is 8.97. The fourth-order valence-electron chi connectivity index (χ4n) is 1.11. The molecule has 4 heteroatoms. The Kier molecular flexibility index (Phi) is 3.59. The van der Waals surface area contributed by atoms with E-state index in [1.54, 1.807) is 11.8 Å². The molecule has 0 amide bonds. The normalized spacial score (nSPS) is 16.8.